The Kier molecular flexibility index (Phi) is 7.56. The molecule has 0 heterocycles. The van der Waals surface area contributed by atoms with Crippen LogP contribution in [0.15, 0.2) is 48.5 Å². The molecule has 0 aliphatic heterocycles. The molecule has 2 aromatic rings. The molecular weight excluding hydrogens is 488 g/mol. The van der Waals surface area contributed by atoms with Crippen LogP contribution in [0.3, 0.4) is 0 Å². The zero-order chi connectivity index (χ0) is 21.7. The average molecular weight is 514 g/mol. The van der Waals surface area contributed by atoms with Gasteiger partial charge in [-0.1, -0.05) is 0 Å². The van der Waals surface area contributed by atoms with Gasteiger partial charge in [0, 0.05) is 0 Å². The summed E-state index contributed by atoms with van der Waals surface area (Å²) in [6.45, 7) is 10.7. The van der Waals surface area contributed by atoms with Gasteiger partial charge in [0.1, 0.15) is 0 Å². The minimum atomic E-state index is -0.720. The molecule has 0 fully saturated rings. The summed E-state index contributed by atoms with van der Waals surface area (Å²) in [5, 5.41) is 0. The molecule has 0 bridgehead atoms. The van der Waals surface area contributed by atoms with Crippen LogP contribution in [0.4, 0.5) is 9.59 Å². The van der Waals surface area contributed by atoms with Crippen molar-refractivity contribution in [2.45, 2.75) is 52.7 Å². The first-order valence-electron chi connectivity index (χ1n) is 9.09. The molecule has 0 aromatic heterocycles. The number of benzene rings is 2. The fourth-order valence-corrected chi connectivity index (χ4v) is 4.35. The van der Waals surface area contributed by atoms with Crippen molar-refractivity contribution in [2.24, 2.45) is 0 Å². The number of carbonyl (C=O) groups is 2. The number of rotatable bonds is 4. The van der Waals surface area contributed by atoms with Crippen molar-refractivity contribution in [2.75, 3.05) is 0 Å². The zero-order valence-corrected chi connectivity index (χ0v) is 19.8. The van der Waals surface area contributed by atoms with Gasteiger partial charge in [0.05, 0.1) is 0 Å². The SMILES string of the molecule is CC(C)(C)OC(=O)Oc1ccc([Te]c2ccc(OC(=O)OC(C)(C)C)cc2)cc1. The molecule has 2 rings (SSSR count). The molecule has 6 nitrogen and oxygen atoms in total. The molecule has 2 aromatic carbocycles. The summed E-state index contributed by atoms with van der Waals surface area (Å²) in [7, 11) is 0. The van der Waals surface area contributed by atoms with Crippen molar-refractivity contribution >= 4 is 40.5 Å². The molecule has 0 spiro atoms. The van der Waals surface area contributed by atoms with Crippen LogP contribution in [0.2, 0.25) is 0 Å². The Balaban J connectivity index is 1.90. The molecule has 0 aliphatic carbocycles. The number of carbonyl (C=O) groups excluding carboxylic acids is 2. The fraction of sp³-hybridized carbons (Fsp3) is 0.364. The molecule has 0 amide bonds. The van der Waals surface area contributed by atoms with Crippen molar-refractivity contribution in [3.63, 3.8) is 0 Å². The van der Waals surface area contributed by atoms with E-state index in [4.69, 9.17) is 18.9 Å². The van der Waals surface area contributed by atoms with Crippen LogP contribution in [0.5, 0.6) is 11.5 Å². The van der Waals surface area contributed by atoms with Crippen LogP contribution in [0.25, 0.3) is 0 Å². The van der Waals surface area contributed by atoms with E-state index in [0.717, 1.165) is 0 Å². The molecule has 7 heteroatoms. The van der Waals surface area contributed by atoms with Crippen molar-refractivity contribution in [3.8, 4) is 11.5 Å². The van der Waals surface area contributed by atoms with E-state index in [-0.39, 0.29) is 0 Å². The van der Waals surface area contributed by atoms with Gasteiger partial charge in [0.25, 0.3) is 0 Å². The Morgan fingerprint density at radius 3 is 1.21 bits per heavy atom. The summed E-state index contributed by atoms with van der Waals surface area (Å²) in [6, 6.07) is 14.8. The van der Waals surface area contributed by atoms with Crippen molar-refractivity contribution in [3.05, 3.63) is 48.5 Å². The van der Waals surface area contributed by atoms with Gasteiger partial charge in [0.2, 0.25) is 0 Å². The summed E-state index contributed by atoms with van der Waals surface area (Å²) in [6.07, 6.45) is -1.44. The first-order chi connectivity index (χ1) is 13.4. The van der Waals surface area contributed by atoms with Crippen LogP contribution >= 0.6 is 0 Å². The number of hydrogen-bond acceptors (Lipinski definition) is 6. The first-order valence-corrected chi connectivity index (χ1v) is 11.4. The third-order valence-corrected chi connectivity index (χ3v) is 5.96. The van der Waals surface area contributed by atoms with Crippen molar-refractivity contribution < 1.29 is 28.5 Å². The standard InChI is InChI=1S/C22H26O6Te/c1-21(2,3)27-19(23)25-15-7-11-17(12-8-15)29-18-13-9-16(10-14-18)26-20(24)28-22(4,5)6/h7-14H,1-6H3. The summed E-state index contributed by atoms with van der Waals surface area (Å²) in [5.41, 5.74) is -1.19. The predicted molar refractivity (Wildman–Crippen MR) is 112 cm³/mol. The third kappa shape index (κ3) is 9.21. The van der Waals surface area contributed by atoms with E-state index in [1.807, 2.05) is 24.3 Å². The van der Waals surface area contributed by atoms with Gasteiger partial charge in [-0.15, -0.1) is 0 Å². The zero-order valence-electron chi connectivity index (χ0n) is 17.5. The van der Waals surface area contributed by atoms with Crippen LogP contribution in [-0.2, 0) is 9.47 Å². The van der Waals surface area contributed by atoms with Crippen LogP contribution < -0.4 is 16.7 Å². The second kappa shape index (κ2) is 9.51. The molecule has 0 N–H and O–H groups in total. The van der Waals surface area contributed by atoms with Gasteiger partial charge in [-0.05, 0) is 0 Å². The Morgan fingerprint density at radius 1 is 0.621 bits per heavy atom. The van der Waals surface area contributed by atoms with E-state index in [0.29, 0.717) is 11.5 Å². The second-order valence-corrected chi connectivity index (χ2v) is 11.5. The quantitative estimate of drug-likeness (QED) is 0.350. The molecule has 0 saturated carbocycles. The van der Waals surface area contributed by atoms with Gasteiger partial charge in [-0.3, -0.25) is 0 Å². The first kappa shape index (κ1) is 23.1. The monoisotopic (exact) mass is 516 g/mol. The third-order valence-electron chi connectivity index (χ3n) is 3.06. The minimum absolute atomic E-state index is 0.441. The summed E-state index contributed by atoms with van der Waals surface area (Å²) in [5.74, 6) is 0.883. The topological polar surface area (TPSA) is 71.1 Å². The van der Waals surface area contributed by atoms with Crippen LogP contribution in [-0.4, -0.2) is 44.4 Å². The Bertz CT molecular complexity index is 758. The van der Waals surface area contributed by atoms with E-state index in [1.165, 1.54) is 7.22 Å². The van der Waals surface area contributed by atoms with E-state index in [2.05, 4.69) is 0 Å². The fourth-order valence-electron chi connectivity index (χ4n) is 2.02. The Hall–Kier alpha value is -2.23. The van der Waals surface area contributed by atoms with E-state index in [9.17, 15) is 9.59 Å². The van der Waals surface area contributed by atoms with Crippen LogP contribution in [0.1, 0.15) is 41.5 Å². The summed E-state index contributed by atoms with van der Waals surface area (Å²) < 4.78 is 23.0. The van der Waals surface area contributed by atoms with Crippen molar-refractivity contribution in [1.82, 2.24) is 0 Å². The van der Waals surface area contributed by atoms with Gasteiger partial charge < -0.3 is 0 Å². The Labute approximate surface area is 181 Å². The Morgan fingerprint density at radius 2 is 0.931 bits per heavy atom. The molecule has 0 aliphatic rings. The van der Waals surface area contributed by atoms with Gasteiger partial charge >= 0.3 is 182 Å². The predicted octanol–water partition coefficient (Wildman–Crippen LogP) is 3.97. The average Bonchev–Trinajstić information content (AvgIpc) is 2.55. The van der Waals surface area contributed by atoms with Gasteiger partial charge in [-0.2, -0.15) is 0 Å². The van der Waals surface area contributed by atoms with Crippen molar-refractivity contribution in [1.29, 1.82) is 0 Å². The molecular formula is C22H26O6Te. The summed E-state index contributed by atoms with van der Waals surface area (Å²) >= 11 is -0.629. The van der Waals surface area contributed by atoms with E-state index >= 15 is 0 Å². The maximum absolute atomic E-state index is 11.7. The molecule has 0 saturated heterocycles. The molecule has 29 heavy (non-hydrogen) atoms. The molecule has 156 valence electrons. The van der Waals surface area contributed by atoms with Gasteiger partial charge in [0.15, 0.2) is 0 Å². The summed E-state index contributed by atoms with van der Waals surface area (Å²) in [4.78, 5) is 23.4. The number of ether oxygens (including phenoxy) is 4. The number of hydrogen-bond donors (Lipinski definition) is 0. The molecule has 0 radical (unpaired) electrons. The van der Waals surface area contributed by atoms with E-state index < -0.39 is 44.4 Å². The molecule has 0 unspecified atom stereocenters. The van der Waals surface area contributed by atoms with E-state index in [1.54, 1.807) is 65.8 Å². The van der Waals surface area contributed by atoms with Crippen LogP contribution in [0, 0.1) is 0 Å². The van der Waals surface area contributed by atoms with Gasteiger partial charge in [-0.25, -0.2) is 0 Å². The second-order valence-electron chi connectivity index (χ2n) is 8.18. The normalized spacial score (nSPS) is 11.5. The maximum atomic E-state index is 11.7. The molecule has 0 atom stereocenters.